The molecule has 0 spiro atoms. The first kappa shape index (κ1) is 9.87. The van der Waals surface area contributed by atoms with Gasteiger partial charge >= 0.3 is 18.9 Å². The van der Waals surface area contributed by atoms with Crippen LogP contribution in [0.3, 0.4) is 0 Å². The van der Waals surface area contributed by atoms with E-state index < -0.39 is 9.47 Å². The Morgan fingerprint density at radius 2 is 1.50 bits per heavy atom. The van der Waals surface area contributed by atoms with Gasteiger partial charge in [0.2, 0.25) is 0 Å². The molecule has 0 aromatic rings. The van der Waals surface area contributed by atoms with Crippen LogP contribution < -0.4 is 5.14 Å². The van der Waals surface area contributed by atoms with Crippen molar-refractivity contribution in [3.8, 4) is 0 Å². The summed E-state index contributed by atoms with van der Waals surface area (Å²) in [5, 5.41) is 4.39. The topological polar surface area (TPSA) is 60.2 Å². The summed E-state index contributed by atoms with van der Waals surface area (Å²) in [7, 11) is -2.97. The van der Waals surface area contributed by atoms with E-state index in [4.69, 9.17) is 0 Å². The molecule has 0 fully saturated rings. The van der Waals surface area contributed by atoms with E-state index in [1.165, 1.54) is 0 Å². The fraction of sp³-hybridized carbons (Fsp3) is 0. The fourth-order valence-electron chi connectivity index (χ4n) is 0. The van der Waals surface area contributed by atoms with E-state index in [-0.39, 0.29) is 28.3 Å². The first-order valence-electron chi connectivity index (χ1n) is 0.977. The van der Waals surface area contributed by atoms with Crippen molar-refractivity contribution in [3.63, 3.8) is 0 Å². The molecule has 6 heavy (non-hydrogen) atoms. The normalized spacial score (nSPS) is 10.2. The average molecular weight is 119 g/mol. The molecule has 0 aliphatic rings. The van der Waals surface area contributed by atoms with E-state index in [0.29, 0.717) is 0 Å². The molecule has 0 aromatic heterocycles. The van der Waals surface area contributed by atoms with Crippen LogP contribution in [0.15, 0.2) is 0 Å². The van der Waals surface area contributed by atoms with Crippen LogP contribution in [0.1, 0.15) is 0 Å². The molecule has 0 saturated carbocycles. The van der Waals surface area contributed by atoms with Crippen molar-refractivity contribution in [3.05, 3.63) is 0 Å². The molecule has 0 aromatic carbocycles. The summed E-state index contributed by atoms with van der Waals surface area (Å²) < 4.78 is 18.9. The third-order valence-electron chi connectivity index (χ3n) is 0. The van der Waals surface area contributed by atoms with Crippen LogP contribution in [0.2, 0.25) is 0 Å². The van der Waals surface area contributed by atoms with Gasteiger partial charge in [0.1, 0.15) is 0 Å². The van der Waals surface area contributed by atoms with E-state index in [0.717, 1.165) is 0 Å². The molecule has 0 atom stereocenters. The molecule has 0 heterocycles. The van der Waals surface area contributed by atoms with Crippen LogP contribution in [-0.4, -0.2) is 36.7 Å². The Labute approximate surface area is 51.6 Å². The van der Waals surface area contributed by atoms with Gasteiger partial charge in [0.15, 0.2) is 18.9 Å². The molecule has 2 N–H and O–H groups in total. The van der Waals surface area contributed by atoms with Gasteiger partial charge in [-0.3, -0.25) is 0 Å². The Balaban J connectivity index is 0. The van der Waals surface area contributed by atoms with Crippen molar-refractivity contribution < 1.29 is 8.42 Å². The second-order valence-corrected chi connectivity index (χ2v) is 5.90. The predicted molar refractivity (Wildman–Crippen MR) is 30.2 cm³/mol. The van der Waals surface area contributed by atoms with Crippen LogP contribution in [0.25, 0.3) is 0 Å². The Bertz CT molecular complexity index is 96.7. The van der Waals surface area contributed by atoms with E-state index in [1.54, 1.807) is 0 Å². The van der Waals surface area contributed by atoms with Gasteiger partial charge in [-0.1, -0.05) is 0 Å². The van der Waals surface area contributed by atoms with Crippen LogP contribution in [0.4, 0.5) is 0 Å². The van der Waals surface area contributed by atoms with Crippen molar-refractivity contribution in [2.24, 2.45) is 5.14 Å². The van der Waals surface area contributed by atoms with Crippen LogP contribution in [0.5, 0.6) is 0 Å². The van der Waals surface area contributed by atoms with Crippen molar-refractivity contribution in [2.75, 3.05) is 0 Å². The third-order valence-corrected chi connectivity index (χ3v) is 0. The van der Waals surface area contributed by atoms with Gasteiger partial charge in [0.05, 0.1) is 0 Å². The Morgan fingerprint density at radius 3 is 1.50 bits per heavy atom. The summed E-state index contributed by atoms with van der Waals surface area (Å²) in [5.41, 5.74) is 0. The molecule has 0 radical (unpaired) electrons. The van der Waals surface area contributed by atoms with Gasteiger partial charge in [-0.25, -0.2) is 13.6 Å². The second-order valence-electron chi connectivity index (χ2n) is 0.830. The third kappa shape index (κ3) is 125. The van der Waals surface area contributed by atoms with E-state index in [1.807, 2.05) is 0 Å². The zero-order chi connectivity index (χ0) is 4.50. The molecule has 0 saturated heterocycles. The maximum absolute atomic E-state index is 9.47. The summed E-state index contributed by atoms with van der Waals surface area (Å²) >= 11 is 0. The van der Waals surface area contributed by atoms with E-state index in [9.17, 15) is 8.42 Å². The van der Waals surface area contributed by atoms with Gasteiger partial charge in [-0.2, -0.15) is 0 Å². The zero-order valence-electron chi connectivity index (χ0n) is 2.80. The van der Waals surface area contributed by atoms with Crippen LogP contribution >= 0.6 is 0 Å². The molecular formula is H6LiNO2SSi. The molecule has 34 valence electrons. The minimum atomic E-state index is -3.03. The summed E-state index contributed by atoms with van der Waals surface area (Å²) in [6.07, 6.45) is 0. The summed E-state index contributed by atoms with van der Waals surface area (Å²) in [4.78, 5) is 0. The Morgan fingerprint density at radius 1 is 1.50 bits per heavy atom. The predicted octanol–water partition coefficient (Wildman–Crippen LogP) is -3.09. The fourth-order valence-corrected chi connectivity index (χ4v) is 0. The molecule has 0 unspecified atom stereocenters. The minimum absolute atomic E-state index is 0. The first-order chi connectivity index (χ1) is 2.00. The van der Waals surface area contributed by atoms with E-state index in [2.05, 4.69) is 5.14 Å². The van der Waals surface area contributed by atoms with E-state index >= 15 is 0 Å². The Kier molecular flexibility index (Phi) is 4.65. The molecule has 0 bridgehead atoms. The monoisotopic (exact) mass is 119 g/mol. The van der Waals surface area contributed by atoms with Crippen LogP contribution in [0, 0.1) is 0 Å². The molecule has 0 amide bonds. The zero-order valence-corrected chi connectivity index (χ0v) is 5.62. The summed E-state index contributed by atoms with van der Waals surface area (Å²) in [5.74, 6) is 0. The number of rotatable bonds is 0. The number of hydrogen-bond acceptors (Lipinski definition) is 2. The molecule has 0 rings (SSSR count). The second kappa shape index (κ2) is 2.83. The van der Waals surface area contributed by atoms with Gasteiger partial charge in [0.25, 0.3) is 0 Å². The first-order valence-corrected chi connectivity index (χ1v) is 5.38. The Hall–Kier alpha value is 0.724. The maximum atomic E-state index is 9.47. The molecule has 3 nitrogen and oxygen atoms in total. The SMILES string of the molecule is NS(=O)(=O)[SiH3].[LiH]. The van der Waals surface area contributed by atoms with Crippen molar-refractivity contribution in [1.29, 1.82) is 0 Å². The average Bonchev–Trinajstić information content (AvgIpc) is 0.722. The van der Waals surface area contributed by atoms with Gasteiger partial charge in [0, 0.05) is 0 Å². The van der Waals surface area contributed by atoms with Gasteiger partial charge in [-0.05, 0) is 0 Å². The number of nitrogens with two attached hydrogens (primary N) is 1. The molecular weight excluding hydrogens is 113 g/mol. The van der Waals surface area contributed by atoms with Crippen LogP contribution in [-0.2, 0) is 9.47 Å². The quantitative estimate of drug-likeness (QED) is 0.343. The van der Waals surface area contributed by atoms with Crippen molar-refractivity contribution in [1.82, 2.24) is 0 Å². The molecule has 0 aliphatic carbocycles. The van der Waals surface area contributed by atoms with Crippen molar-refractivity contribution in [2.45, 2.75) is 0 Å². The molecule has 6 heteroatoms. The van der Waals surface area contributed by atoms with Gasteiger partial charge < -0.3 is 0 Å². The van der Waals surface area contributed by atoms with Crippen molar-refractivity contribution >= 4 is 37.7 Å². The summed E-state index contributed by atoms with van der Waals surface area (Å²) in [6.45, 7) is 0. The van der Waals surface area contributed by atoms with Gasteiger partial charge in [-0.15, -0.1) is 0 Å². The molecule has 0 aliphatic heterocycles. The summed E-state index contributed by atoms with van der Waals surface area (Å²) in [6, 6.07) is 0. The standard InChI is InChI=1S/Li.H5NO2SSi.H/c;1-4(2,3)5;/h;5H3,(H2,1,2,3);. The number of hydrogen-bond donors (Lipinski definition) is 1.